The Labute approximate surface area is 101 Å². The van der Waals surface area contributed by atoms with Gasteiger partial charge in [0.2, 0.25) is 0 Å². The number of nitrogens with zero attached hydrogens (tertiary/aromatic N) is 1. The van der Waals surface area contributed by atoms with Gasteiger partial charge in [-0.05, 0) is 19.5 Å². The Bertz CT molecular complexity index is 325. The van der Waals surface area contributed by atoms with E-state index in [2.05, 4.69) is 25.3 Å². The second-order valence-corrected chi connectivity index (χ2v) is 4.03. The summed E-state index contributed by atoms with van der Waals surface area (Å²) in [5, 5.41) is 8.52. The molecule has 0 aromatic rings. The summed E-state index contributed by atoms with van der Waals surface area (Å²) in [6.45, 7) is 10.3. The molecule has 0 rings (SSSR count). The van der Waals surface area contributed by atoms with Crippen LogP contribution in [0.5, 0.6) is 0 Å². The molecule has 0 aliphatic carbocycles. The van der Waals surface area contributed by atoms with Crippen molar-refractivity contribution in [2.45, 2.75) is 20.3 Å². The number of rotatable bonds is 6. The molecule has 102 valence electrons. The molecule has 0 atom stereocenters. The van der Waals surface area contributed by atoms with Gasteiger partial charge in [0.1, 0.15) is 0 Å². The predicted molar refractivity (Wildman–Crippen MR) is 63.4 cm³/mol. The van der Waals surface area contributed by atoms with Gasteiger partial charge in [0.15, 0.2) is 0 Å². The van der Waals surface area contributed by atoms with Crippen molar-refractivity contribution in [2.24, 2.45) is 0 Å². The van der Waals surface area contributed by atoms with Crippen molar-refractivity contribution >= 4 is 16.4 Å². The Kier molecular flexibility index (Phi) is 9.86. The van der Waals surface area contributed by atoms with Crippen molar-refractivity contribution in [3.63, 3.8) is 0 Å². The zero-order valence-corrected chi connectivity index (χ0v) is 10.8. The van der Waals surface area contributed by atoms with Crippen molar-refractivity contribution in [1.29, 1.82) is 0 Å². The predicted octanol–water partition coefficient (Wildman–Crippen LogP) is 0.706. The second-order valence-electron chi connectivity index (χ2n) is 3.13. The molecule has 3 N–H and O–H groups in total. The number of hydrogen-bond donors (Lipinski definition) is 3. The van der Waals surface area contributed by atoms with Gasteiger partial charge in [-0.2, -0.15) is 8.42 Å². The van der Waals surface area contributed by atoms with Crippen LogP contribution in [0.4, 0.5) is 0 Å². The van der Waals surface area contributed by atoms with Crippen LogP contribution in [-0.4, -0.2) is 53.1 Å². The Morgan fingerprint density at radius 3 is 1.82 bits per heavy atom. The quantitative estimate of drug-likeness (QED) is 0.480. The van der Waals surface area contributed by atoms with E-state index < -0.39 is 16.4 Å². The van der Waals surface area contributed by atoms with Crippen molar-refractivity contribution < 1.29 is 27.4 Å². The highest BCUT2D eigenvalue weighted by Gasteiger charge is 2.05. The average molecular weight is 269 g/mol. The van der Waals surface area contributed by atoms with E-state index in [0.717, 1.165) is 19.6 Å². The molecule has 0 saturated heterocycles. The minimum absolute atomic E-state index is 0.293. The van der Waals surface area contributed by atoms with Crippen LogP contribution in [0.3, 0.4) is 0 Å². The molecule has 8 heteroatoms. The van der Waals surface area contributed by atoms with E-state index in [0.29, 0.717) is 12.0 Å². The monoisotopic (exact) mass is 269 g/mol. The molecular formula is C9H19NO6S. The fraction of sp³-hybridized carbons (Fsp3) is 0.667. The van der Waals surface area contributed by atoms with Gasteiger partial charge in [-0.25, -0.2) is 4.79 Å². The van der Waals surface area contributed by atoms with Crippen LogP contribution in [0, 0.1) is 0 Å². The molecule has 0 aromatic carbocycles. The Balaban J connectivity index is 0. The van der Waals surface area contributed by atoms with Crippen molar-refractivity contribution in [3.8, 4) is 0 Å². The van der Waals surface area contributed by atoms with Gasteiger partial charge >= 0.3 is 16.4 Å². The number of carbonyl (C=O) groups is 1. The fourth-order valence-corrected chi connectivity index (χ4v) is 0.940. The van der Waals surface area contributed by atoms with E-state index in [9.17, 15) is 4.79 Å². The van der Waals surface area contributed by atoms with Crippen LogP contribution in [0.15, 0.2) is 12.2 Å². The fourth-order valence-electron chi connectivity index (χ4n) is 0.940. The first-order valence-corrected chi connectivity index (χ1v) is 6.34. The van der Waals surface area contributed by atoms with Crippen LogP contribution in [-0.2, 0) is 15.2 Å². The summed E-state index contributed by atoms with van der Waals surface area (Å²) >= 11 is 0. The lowest BCUT2D eigenvalue weighted by atomic mass is 10.2. The molecule has 0 aliphatic rings. The normalized spacial score (nSPS) is 10.6. The van der Waals surface area contributed by atoms with E-state index in [1.54, 1.807) is 0 Å². The SMILES string of the molecule is C=C(CCN(CC)CC)C(=O)O.O=S(=O)(O)O. The smallest absolute Gasteiger partial charge is 0.394 e. The van der Waals surface area contributed by atoms with Gasteiger partial charge in [-0.1, -0.05) is 20.4 Å². The van der Waals surface area contributed by atoms with Gasteiger partial charge in [0.05, 0.1) is 0 Å². The zero-order chi connectivity index (χ0) is 14.1. The van der Waals surface area contributed by atoms with E-state index in [4.69, 9.17) is 22.6 Å². The maximum absolute atomic E-state index is 10.4. The summed E-state index contributed by atoms with van der Waals surface area (Å²) in [7, 11) is -4.67. The molecule has 0 spiro atoms. The van der Waals surface area contributed by atoms with Crippen molar-refractivity contribution in [2.75, 3.05) is 19.6 Å². The molecule has 0 aliphatic heterocycles. The molecule has 7 nitrogen and oxygen atoms in total. The van der Waals surface area contributed by atoms with Crippen LogP contribution in [0.1, 0.15) is 20.3 Å². The van der Waals surface area contributed by atoms with Crippen LogP contribution < -0.4 is 0 Å². The number of carboxylic acids is 1. The lowest BCUT2D eigenvalue weighted by Gasteiger charge is -2.17. The molecule has 0 bridgehead atoms. The average Bonchev–Trinajstić information content (AvgIpc) is 2.16. The highest BCUT2D eigenvalue weighted by Crippen LogP contribution is 2.00. The summed E-state index contributed by atoms with van der Waals surface area (Å²) in [6.07, 6.45) is 0.553. The standard InChI is InChI=1S/C9H17NO2.H2O4S/c1-4-10(5-2)7-6-8(3)9(11)12;1-5(2,3)4/h3-7H2,1-2H3,(H,11,12);(H2,1,2,3,4). The zero-order valence-electron chi connectivity index (χ0n) is 9.96. The van der Waals surface area contributed by atoms with Gasteiger partial charge < -0.3 is 10.0 Å². The Morgan fingerprint density at radius 1 is 1.24 bits per heavy atom. The van der Waals surface area contributed by atoms with E-state index in [1.807, 2.05) is 0 Å². The van der Waals surface area contributed by atoms with Gasteiger partial charge in [-0.3, -0.25) is 9.11 Å². The molecular weight excluding hydrogens is 250 g/mol. The maximum Gasteiger partial charge on any atom is 0.394 e. The van der Waals surface area contributed by atoms with E-state index >= 15 is 0 Å². The van der Waals surface area contributed by atoms with E-state index in [-0.39, 0.29) is 0 Å². The summed E-state index contributed by atoms with van der Waals surface area (Å²) in [4.78, 5) is 12.5. The molecule has 0 heterocycles. The highest BCUT2D eigenvalue weighted by atomic mass is 32.3. The summed E-state index contributed by atoms with van der Waals surface area (Å²) in [5.41, 5.74) is 0.293. The van der Waals surface area contributed by atoms with Gasteiger partial charge in [0.25, 0.3) is 0 Å². The largest absolute Gasteiger partial charge is 0.478 e. The molecule has 0 saturated carbocycles. The minimum Gasteiger partial charge on any atom is -0.478 e. The molecule has 0 unspecified atom stereocenters. The Hall–Kier alpha value is -0.960. The molecule has 17 heavy (non-hydrogen) atoms. The van der Waals surface area contributed by atoms with Crippen molar-refractivity contribution in [1.82, 2.24) is 4.90 Å². The van der Waals surface area contributed by atoms with Gasteiger partial charge in [-0.15, -0.1) is 0 Å². The summed E-state index contributed by atoms with van der Waals surface area (Å²) in [6, 6.07) is 0. The molecule has 0 aromatic heterocycles. The lowest BCUT2D eigenvalue weighted by molar-refractivity contribution is -0.132. The summed E-state index contributed by atoms with van der Waals surface area (Å²) in [5.74, 6) is -0.887. The Morgan fingerprint density at radius 2 is 1.59 bits per heavy atom. The highest BCUT2D eigenvalue weighted by molar-refractivity contribution is 7.79. The number of aliphatic carboxylic acids is 1. The summed E-state index contributed by atoms with van der Waals surface area (Å²) < 4.78 is 31.6. The van der Waals surface area contributed by atoms with Gasteiger partial charge in [0, 0.05) is 12.1 Å². The third kappa shape index (κ3) is 17.6. The minimum atomic E-state index is -4.67. The first kappa shape index (κ1) is 18.4. The first-order valence-electron chi connectivity index (χ1n) is 4.95. The topological polar surface area (TPSA) is 115 Å². The third-order valence-corrected chi connectivity index (χ3v) is 1.93. The number of hydrogen-bond acceptors (Lipinski definition) is 4. The molecule has 0 fully saturated rings. The number of carboxylic acid groups (broad SMARTS) is 1. The van der Waals surface area contributed by atoms with Crippen LogP contribution >= 0.6 is 0 Å². The third-order valence-electron chi connectivity index (χ3n) is 1.93. The molecule has 0 radical (unpaired) electrons. The van der Waals surface area contributed by atoms with Crippen molar-refractivity contribution in [3.05, 3.63) is 12.2 Å². The van der Waals surface area contributed by atoms with Crippen LogP contribution in [0.25, 0.3) is 0 Å². The second kappa shape index (κ2) is 9.11. The maximum atomic E-state index is 10.4. The molecule has 0 amide bonds. The van der Waals surface area contributed by atoms with E-state index in [1.165, 1.54) is 0 Å². The lowest BCUT2D eigenvalue weighted by Crippen LogP contribution is -2.24. The first-order chi connectivity index (χ1) is 7.61. The van der Waals surface area contributed by atoms with Crippen LogP contribution in [0.2, 0.25) is 0 Å².